The molecule has 0 fully saturated rings. The molecule has 5 nitrogen and oxygen atoms in total. The molecule has 2 heterocycles. The van der Waals surface area contributed by atoms with Crippen LogP contribution >= 0.6 is 11.3 Å². The normalized spacial score (nSPS) is 11.7. The molecular weight excluding hydrogens is 343 g/mol. The molecule has 0 amide bonds. The lowest BCUT2D eigenvalue weighted by atomic mass is 10.1. The van der Waals surface area contributed by atoms with E-state index in [9.17, 15) is 18.0 Å². The van der Waals surface area contributed by atoms with Gasteiger partial charge < -0.3 is 5.11 Å². The Bertz CT molecular complexity index is 898. The van der Waals surface area contributed by atoms with Crippen LogP contribution in [0.2, 0.25) is 0 Å². The van der Waals surface area contributed by atoms with Crippen LogP contribution in [0.5, 0.6) is 0 Å². The molecule has 0 saturated heterocycles. The second kappa shape index (κ2) is 5.75. The standard InChI is InChI=1S/C15H10F3N3O2S/c1-8-11(13(22)23)6-19-21(8)14-20-12(7-24-14)9-2-4-10(5-3-9)15(16,17)18/h2-7H,1H3,(H,22,23). The van der Waals surface area contributed by atoms with E-state index >= 15 is 0 Å². The Labute approximate surface area is 138 Å². The lowest BCUT2D eigenvalue weighted by molar-refractivity contribution is -0.137. The maximum absolute atomic E-state index is 12.6. The Morgan fingerprint density at radius 2 is 1.92 bits per heavy atom. The highest BCUT2D eigenvalue weighted by Crippen LogP contribution is 2.31. The van der Waals surface area contributed by atoms with Crippen molar-refractivity contribution in [3.63, 3.8) is 0 Å². The number of carbonyl (C=O) groups is 1. The van der Waals surface area contributed by atoms with Crippen LogP contribution in [-0.2, 0) is 6.18 Å². The van der Waals surface area contributed by atoms with Crippen LogP contribution in [0.15, 0.2) is 35.8 Å². The van der Waals surface area contributed by atoms with Gasteiger partial charge in [0.1, 0.15) is 5.56 Å². The van der Waals surface area contributed by atoms with Gasteiger partial charge in [0.05, 0.1) is 23.1 Å². The van der Waals surface area contributed by atoms with E-state index in [1.165, 1.54) is 34.3 Å². The van der Waals surface area contributed by atoms with Crippen molar-refractivity contribution in [2.24, 2.45) is 0 Å². The molecule has 0 aliphatic heterocycles. The first-order valence-electron chi connectivity index (χ1n) is 6.69. The van der Waals surface area contributed by atoms with E-state index in [2.05, 4.69) is 10.1 Å². The third-order valence-corrected chi connectivity index (χ3v) is 4.24. The van der Waals surface area contributed by atoms with Crippen LogP contribution in [-0.4, -0.2) is 25.8 Å². The third kappa shape index (κ3) is 2.90. The maximum Gasteiger partial charge on any atom is 0.416 e. The van der Waals surface area contributed by atoms with E-state index in [0.717, 1.165) is 12.1 Å². The Hall–Kier alpha value is -2.68. The smallest absolute Gasteiger partial charge is 0.416 e. The molecule has 2 aromatic heterocycles. The summed E-state index contributed by atoms with van der Waals surface area (Å²) in [6.45, 7) is 1.61. The number of benzene rings is 1. The topological polar surface area (TPSA) is 68.0 Å². The summed E-state index contributed by atoms with van der Waals surface area (Å²) >= 11 is 1.22. The summed E-state index contributed by atoms with van der Waals surface area (Å²) in [6.07, 6.45) is -3.15. The third-order valence-electron chi connectivity index (χ3n) is 3.42. The summed E-state index contributed by atoms with van der Waals surface area (Å²) in [4.78, 5) is 15.4. The zero-order valence-electron chi connectivity index (χ0n) is 12.2. The molecule has 1 N–H and O–H groups in total. The average molecular weight is 353 g/mol. The van der Waals surface area contributed by atoms with Gasteiger partial charge in [0.25, 0.3) is 0 Å². The Balaban J connectivity index is 1.92. The summed E-state index contributed by atoms with van der Waals surface area (Å²) in [5.41, 5.74) is 0.803. The van der Waals surface area contributed by atoms with Crippen molar-refractivity contribution >= 4 is 17.3 Å². The minimum absolute atomic E-state index is 0.0706. The fourth-order valence-corrected chi connectivity index (χ4v) is 2.98. The molecule has 0 saturated carbocycles. The van der Waals surface area contributed by atoms with E-state index < -0.39 is 17.7 Å². The Morgan fingerprint density at radius 3 is 2.46 bits per heavy atom. The van der Waals surface area contributed by atoms with Crippen LogP contribution in [0.1, 0.15) is 21.6 Å². The van der Waals surface area contributed by atoms with Crippen molar-refractivity contribution in [2.45, 2.75) is 13.1 Å². The minimum atomic E-state index is -4.38. The van der Waals surface area contributed by atoms with Gasteiger partial charge >= 0.3 is 12.1 Å². The highest BCUT2D eigenvalue weighted by molar-refractivity contribution is 7.12. The van der Waals surface area contributed by atoms with Gasteiger partial charge in [-0.05, 0) is 19.1 Å². The second-order valence-electron chi connectivity index (χ2n) is 4.95. The first kappa shape index (κ1) is 16.2. The molecule has 0 aliphatic rings. The lowest BCUT2D eigenvalue weighted by Gasteiger charge is -2.06. The Morgan fingerprint density at radius 1 is 1.25 bits per heavy atom. The molecule has 0 spiro atoms. The number of aromatic carboxylic acids is 1. The number of thiazole rings is 1. The van der Waals surface area contributed by atoms with Crippen molar-refractivity contribution in [1.29, 1.82) is 0 Å². The zero-order chi connectivity index (χ0) is 17.5. The van der Waals surface area contributed by atoms with Gasteiger partial charge in [0, 0.05) is 10.9 Å². The molecule has 3 rings (SSSR count). The number of halogens is 3. The first-order chi connectivity index (χ1) is 11.3. The lowest BCUT2D eigenvalue weighted by Crippen LogP contribution is -2.04. The largest absolute Gasteiger partial charge is 0.478 e. The van der Waals surface area contributed by atoms with Crippen LogP contribution < -0.4 is 0 Å². The molecular formula is C15H10F3N3O2S. The second-order valence-corrected chi connectivity index (χ2v) is 5.79. The molecule has 124 valence electrons. The van der Waals surface area contributed by atoms with Gasteiger partial charge in [-0.3, -0.25) is 0 Å². The SMILES string of the molecule is Cc1c(C(=O)O)cnn1-c1nc(-c2ccc(C(F)(F)F)cc2)cs1. The molecule has 0 radical (unpaired) electrons. The summed E-state index contributed by atoms with van der Waals surface area (Å²) in [5.74, 6) is -1.08. The molecule has 24 heavy (non-hydrogen) atoms. The van der Waals surface area contributed by atoms with Crippen molar-refractivity contribution < 1.29 is 23.1 Å². The van der Waals surface area contributed by atoms with Crippen LogP contribution in [0.3, 0.4) is 0 Å². The summed E-state index contributed by atoms with van der Waals surface area (Å²) in [7, 11) is 0. The van der Waals surface area contributed by atoms with E-state index in [0.29, 0.717) is 22.1 Å². The van der Waals surface area contributed by atoms with Crippen molar-refractivity contribution in [2.75, 3.05) is 0 Å². The predicted octanol–water partition coefficient (Wildman–Crippen LogP) is 4.02. The number of rotatable bonds is 3. The quantitative estimate of drug-likeness (QED) is 0.772. The number of hydrogen-bond donors (Lipinski definition) is 1. The molecule has 3 aromatic rings. The highest BCUT2D eigenvalue weighted by Gasteiger charge is 2.30. The molecule has 0 unspecified atom stereocenters. The van der Waals surface area contributed by atoms with Gasteiger partial charge in [-0.25, -0.2) is 14.5 Å². The minimum Gasteiger partial charge on any atom is -0.478 e. The van der Waals surface area contributed by atoms with E-state index in [1.807, 2.05) is 0 Å². The fourth-order valence-electron chi connectivity index (χ4n) is 2.14. The van der Waals surface area contributed by atoms with Gasteiger partial charge in [0.2, 0.25) is 5.13 Å². The van der Waals surface area contributed by atoms with Crippen molar-refractivity contribution in [1.82, 2.24) is 14.8 Å². The van der Waals surface area contributed by atoms with Crippen molar-refractivity contribution in [3.8, 4) is 16.4 Å². The number of hydrogen-bond acceptors (Lipinski definition) is 4. The van der Waals surface area contributed by atoms with Crippen LogP contribution in [0.4, 0.5) is 13.2 Å². The van der Waals surface area contributed by atoms with E-state index in [1.54, 1.807) is 12.3 Å². The molecule has 0 bridgehead atoms. The van der Waals surface area contributed by atoms with Crippen molar-refractivity contribution in [3.05, 3.63) is 52.7 Å². The highest BCUT2D eigenvalue weighted by atomic mass is 32.1. The van der Waals surface area contributed by atoms with E-state index in [4.69, 9.17) is 5.11 Å². The first-order valence-corrected chi connectivity index (χ1v) is 7.57. The Kier molecular flexibility index (Phi) is 3.88. The fraction of sp³-hybridized carbons (Fsp3) is 0.133. The van der Waals surface area contributed by atoms with Gasteiger partial charge in [-0.1, -0.05) is 12.1 Å². The van der Waals surface area contributed by atoms with Gasteiger partial charge in [-0.15, -0.1) is 11.3 Å². The van der Waals surface area contributed by atoms with Gasteiger partial charge in [-0.2, -0.15) is 18.3 Å². The van der Waals surface area contributed by atoms with Gasteiger partial charge in [0.15, 0.2) is 0 Å². The zero-order valence-corrected chi connectivity index (χ0v) is 13.0. The number of alkyl halides is 3. The molecule has 0 aliphatic carbocycles. The number of aromatic nitrogens is 3. The number of carboxylic acids is 1. The monoisotopic (exact) mass is 353 g/mol. The summed E-state index contributed by atoms with van der Waals surface area (Å²) in [5, 5.41) is 15.2. The average Bonchev–Trinajstić information content (AvgIpc) is 3.13. The number of carboxylic acid groups (broad SMARTS) is 1. The predicted molar refractivity (Wildman–Crippen MR) is 81.4 cm³/mol. The van der Waals surface area contributed by atoms with Crippen LogP contribution in [0, 0.1) is 6.92 Å². The molecule has 0 atom stereocenters. The van der Waals surface area contributed by atoms with E-state index in [-0.39, 0.29) is 5.56 Å². The van der Waals surface area contributed by atoms with Crippen LogP contribution in [0.25, 0.3) is 16.4 Å². The summed E-state index contributed by atoms with van der Waals surface area (Å²) < 4.78 is 39.1. The molecule has 1 aromatic carbocycles. The molecule has 9 heteroatoms. The maximum atomic E-state index is 12.6. The number of nitrogens with zero attached hydrogens (tertiary/aromatic N) is 3. The summed E-state index contributed by atoms with van der Waals surface area (Å²) in [6, 6.07) is 4.69.